The number of alkyl carbamates (subject to hydrolysis) is 1. The number of aliphatic carboxylic acids is 1. The first-order valence-electron chi connectivity index (χ1n) is 9.42. The molecule has 2 amide bonds. The van der Waals surface area contributed by atoms with Gasteiger partial charge in [0, 0.05) is 0 Å². The van der Waals surface area contributed by atoms with E-state index in [-0.39, 0.29) is 11.7 Å². The summed E-state index contributed by atoms with van der Waals surface area (Å²) in [4.78, 5) is 45.7. The lowest BCUT2D eigenvalue weighted by atomic mass is 10.0. The topological polar surface area (TPSA) is 122 Å². The predicted molar refractivity (Wildman–Crippen MR) is 128 cm³/mol. The van der Waals surface area contributed by atoms with Gasteiger partial charge in [0.05, 0.1) is 10.7 Å². The fourth-order valence-corrected chi connectivity index (χ4v) is 3.35. The molecule has 0 aromatic heterocycles. The van der Waals surface area contributed by atoms with Crippen molar-refractivity contribution in [1.82, 2.24) is 10.6 Å². The molecule has 0 rings (SSSR count). The van der Waals surface area contributed by atoms with Gasteiger partial charge in [-0.25, -0.2) is 9.59 Å². The Morgan fingerprint density at radius 3 is 1.90 bits per heavy atom. The minimum atomic E-state index is -1.09. The molecule has 0 aromatic carbocycles. The van der Waals surface area contributed by atoms with E-state index in [1.807, 2.05) is 20.1 Å². The number of Topliss-reactive ketones (excluding diaryl/α,β-unsaturated/α-hetero) is 1. The molecule has 30 heavy (non-hydrogen) atoms. The predicted octanol–water partition coefficient (Wildman–Crippen LogP) is 3.59. The summed E-state index contributed by atoms with van der Waals surface area (Å²) in [5.41, 5.74) is -0.676. The zero-order valence-electron chi connectivity index (χ0n) is 18.4. The van der Waals surface area contributed by atoms with Gasteiger partial charge in [0.1, 0.15) is 17.7 Å². The summed E-state index contributed by atoms with van der Waals surface area (Å²) in [5, 5.41) is 15.2. The lowest BCUT2D eigenvalue weighted by Crippen LogP contribution is -2.52. The molecule has 176 valence electrons. The highest BCUT2D eigenvalue weighted by molar-refractivity contribution is 9.10. The monoisotopic (exact) mass is 576 g/mol. The number of rotatable bonds is 11. The number of amides is 2. The molecule has 0 spiro atoms. The zero-order chi connectivity index (χ0) is 23.9. The number of carbonyl (C=O) groups excluding carboxylic acids is 3. The van der Waals surface area contributed by atoms with Gasteiger partial charge >= 0.3 is 12.1 Å². The number of thioether (sulfide) groups is 1. The fourth-order valence-electron chi connectivity index (χ4n) is 1.95. The highest BCUT2D eigenvalue weighted by Gasteiger charge is 2.28. The second kappa shape index (κ2) is 16.8. The van der Waals surface area contributed by atoms with Gasteiger partial charge in [-0.15, -0.1) is 0 Å². The van der Waals surface area contributed by atoms with Gasteiger partial charge in [-0.2, -0.15) is 11.8 Å². The van der Waals surface area contributed by atoms with Gasteiger partial charge in [-0.3, -0.25) is 9.59 Å². The molecular weight excluding hydrogens is 544 g/mol. The van der Waals surface area contributed by atoms with E-state index < -0.39 is 35.7 Å². The molecule has 0 saturated carbocycles. The number of ketones is 1. The highest BCUT2D eigenvalue weighted by atomic mass is 79.9. The molecule has 0 aliphatic rings. The fraction of sp³-hybridized carbons (Fsp3) is 0.789. The lowest BCUT2D eigenvalue weighted by molar-refractivity contribution is -0.142. The summed E-state index contributed by atoms with van der Waals surface area (Å²) in [7, 11) is 0. The number of carboxylic acid groups (broad SMARTS) is 1. The Labute approximate surface area is 200 Å². The van der Waals surface area contributed by atoms with Gasteiger partial charge in [0.25, 0.3) is 0 Å². The molecule has 1 unspecified atom stereocenters. The van der Waals surface area contributed by atoms with Gasteiger partial charge in [-0.05, 0) is 51.5 Å². The Kier molecular flexibility index (Phi) is 17.6. The Bertz CT molecular complexity index is 550. The average Bonchev–Trinajstić information content (AvgIpc) is 2.61. The average molecular weight is 578 g/mol. The molecule has 0 aromatic rings. The van der Waals surface area contributed by atoms with E-state index >= 15 is 0 Å². The Hall–Kier alpha value is -0.810. The first-order chi connectivity index (χ1) is 13.8. The van der Waals surface area contributed by atoms with Crippen molar-refractivity contribution in [3.63, 3.8) is 0 Å². The Morgan fingerprint density at radius 2 is 1.57 bits per heavy atom. The maximum atomic E-state index is 12.4. The van der Waals surface area contributed by atoms with E-state index in [0.717, 1.165) is 0 Å². The first-order valence-corrected chi connectivity index (χ1v) is 13.1. The van der Waals surface area contributed by atoms with Crippen molar-refractivity contribution in [2.45, 2.75) is 65.1 Å². The number of alkyl halides is 2. The van der Waals surface area contributed by atoms with Crippen LogP contribution in [-0.2, 0) is 19.1 Å². The largest absolute Gasteiger partial charge is 0.480 e. The summed E-state index contributed by atoms with van der Waals surface area (Å²) in [6, 6.07) is -1.81. The number of halogens is 2. The number of carboxylic acids is 1. The third-order valence-electron chi connectivity index (χ3n) is 3.24. The summed E-state index contributed by atoms with van der Waals surface area (Å²) < 4.78 is 5.17. The molecule has 0 saturated heterocycles. The summed E-state index contributed by atoms with van der Waals surface area (Å²) in [5.74, 6) is -0.660. The summed E-state index contributed by atoms with van der Waals surface area (Å²) in [6.45, 7) is 9.02. The number of hydrogen-bond acceptors (Lipinski definition) is 6. The summed E-state index contributed by atoms with van der Waals surface area (Å²) >= 11 is 7.50. The van der Waals surface area contributed by atoms with Crippen LogP contribution in [0.4, 0.5) is 4.79 Å². The molecule has 0 fully saturated rings. The summed E-state index contributed by atoms with van der Waals surface area (Å²) in [6.07, 6.45) is 1.88. The number of ether oxygens (including phenoxy) is 1. The lowest BCUT2D eigenvalue weighted by Gasteiger charge is -2.25. The third kappa shape index (κ3) is 18.0. The Morgan fingerprint density at radius 1 is 1.03 bits per heavy atom. The van der Waals surface area contributed by atoms with Crippen molar-refractivity contribution >= 4 is 67.4 Å². The molecule has 0 heterocycles. The SMILES string of the molecule is CSCCC(NC(=O)[C@H](CC(C)C)NC(=O)OC(C)(C)C)C(=O)O.O=C(CBr)CBr. The quantitative estimate of drug-likeness (QED) is 0.321. The molecule has 0 aliphatic carbocycles. The highest BCUT2D eigenvalue weighted by Crippen LogP contribution is 2.10. The zero-order valence-corrected chi connectivity index (χ0v) is 22.4. The second-order valence-corrected chi connectivity index (χ2v) is 9.92. The maximum absolute atomic E-state index is 12.4. The van der Waals surface area contributed by atoms with Crippen LogP contribution in [0.2, 0.25) is 0 Å². The molecule has 0 bridgehead atoms. The molecule has 2 atom stereocenters. The molecule has 11 heteroatoms. The van der Waals surface area contributed by atoms with Crippen LogP contribution < -0.4 is 10.6 Å². The first kappa shape index (κ1) is 31.4. The van der Waals surface area contributed by atoms with E-state index in [2.05, 4.69) is 42.5 Å². The number of carbonyl (C=O) groups is 4. The number of hydrogen-bond donors (Lipinski definition) is 3. The standard InChI is InChI=1S/C16H30N2O5S.C3H4Br2O/c1-10(2)9-12(18-15(22)23-16(3,4)5)13(19)17-11(14(20)21)7-8-24-6;4-1-3(6)2-5/h10-12H,7-9H2,1-6H3,(H,17,19)(H,18,22)(H,20,21);1-2H2/t11?,12-;/m0./s1. The van der Waals surface area contributed by atoms with Crippen LogP contribution >= 0.6 is 43.6 Å². The van der Waals surface area contributed by atoms with Crippen LogP contribution in [0.5, 0.6) is 0 Å². The molecule has 0 aliphatic heterocycles. The molecular formula is C19H34Br2N2O6S. The Balaban J connectivity index is 0. The van der Waals surface area contributed by atoms with E-state index in [1.165, 1.54) is 11.8 Å². The van der Waals surface area contributed by atoms with Crippen molar-refractivity contribution < 1.29 is 29.0 Å². The van der Waals surface area contributed by atoms with Gasteiger partial charge in [0.15, 0.2) is 5.78 Å². The van der Waals surface area contributed by atoms with Gasteiger partial charge < -0.3 is 20.5 Å². The van der Waals surface area contributed by atoms with E-state index in [1.54, 1.807) is 20.8 Å². The minimum Gasteiger partial charge on any atom is -0.480 e. The van der Waals surface area contributed by atoms with Crippen LogP contribution in [-0.4, -0.2) is 69.2 Å². The second-order valence-electron chi connectivity index (χ2n) is 7.82. The van der Waals surface area contributed by atoms with E-state index in [0.29, 0.717) is 29.3 Å². The van der Waals surface area contributed by atoms with Crippen molar-refractivity contribution in [3.8, 4) is 0 Å². The molecule has 8 nitrogen and oxygen atoms in total. The van der Waals surface area contributed by atoms with Crippen molar-refractivity contribution in [1.29, 1.82) is 0 Å². The van der Waals surface area contributed by atoms with E-state index in [9.17, 15) is 24.3 Å². The van der Waals surface area contributed by atoms with Crippen molar-refractivity contribution in [3.05, 3.63) is 0 Å². The maximum Gasteiger partial charge on any atom is 0.408 e. The van der Waals surface area contributed by atoms with E-state index in [4.69, 9.17) is 4.74 Å². The normalized spacial score (nSPS) is 12.8. The van der Waals surface area contributed by atoms with Crippen LogP contribution in [0.3, 0.4) is 0 Å². The number of nitrogens with one attached hydrogen (secondary N) is 2. The van der Waals surface area contributed by atoms with Crippen molar-refractivity contribution in [2.75, 3.05) is 22.7 Å². The van der Waals surface area contributed by atoms with Crippen LogP contribution in [0, 0.1) is 5.92 Å². The van der Waals surface area contributed by atoms with Crippen LogP contribution in [0.1, 0.15) is 47.5 Å². The minimum absolute atomic E-state index is 0.144. The van der Waals surface area contributed by atoms with Gasteiger partial charge in [0.2, 0.25) is 5.91 Å². The van der Waals surface area contributed by atoms with Crippen LogP contribution in [0.15, 0.2) is 0 Å². The molecule has 0 radical (unpaired) electrons. The molecule has 3 N–H and O–H groups in total. The smallest absolute Gasteiger partial charge is 0.408 e. The van der Waals surface area contributed by atoms with Crippen molar-refractivity contribution in [2.24, 2.45) is 5.92 Å². The third-order valence-corrected chi connectivity index (χ3v) is 5.13. The van der Waals surface area contributed by atoms with Gasteiger partial charge in [-0.1, -0.05) is 45.7 Å². The van der Waals surface area contributed by atoms with Crippen LogP contribution in [0.25, 0.3) is 0 Å².